The third-order valence-corrected chi connectivity index (χ3v) is 3.29. The Kier molecular flexibility index (Phi) is 6.44. The molecule has 0 saturated heterocycles. The van der Waals surface area contributed by atoms with E-state index in [0.717, 1.165) is 6.54 Å². The average molecular weight is 224 g/mol. The van der Waals surface area contributed by atoms with E-state index in [1.165, 1.54) is 23.5 Å². The molecule has 0 saturated carbocycles. The number of hydrogen-bond donors (Lipinski definition) is 1. The summed E-state index contributed by atoms with van der Waals surface area (Å²) in [7, 11) is 0. The minimum absolute atomic E-state index is 0.408. The molecule has 0 aliphatic rings. The van der Waals surface area contributed by atoms with Crippen LogP contribution < -0.4 is 5.32 Å². The predicted octanol–water partition coefficient (Wildman–Crippen LogP) is 2.88. The third kappa shape index (κ3) is 5.19. The number of pyridine rings is 1. The highest BCUT2D eigenvalue weighted by Gasteiger charge is 2.02. The summed E-state index contributed by atoms with van der Waals surface area (Å²) in [6.07, 6.45) is 4.98. The van der Waals surface area contributed by atoms with Gasteiger partial charge in [-0.25, -0.2) is 0 Å². The highest BCUT2D eigenvalue weighted by Crippen LogP contribution is 2.09. The maximum Gasteiger partial charge on any atom is 0.0315 e. The number of aromatic nitrogens is 1. The average Bonchev–Trinajstić information content (AvgIpc) is 2.30. The van der Waals surface area contributed by atoms with Crippen LogP contribution in [-0.2, 0) is 0 Å². The summed E-state index contributed by atoms with van der Waals surface area (Å²) >= 11 is 2.00. The molecule has 0 bridgehead atoms. The Morgan fingerprint density at radius 1 is 1.53 bits per heavy atom. The van der Waals surface area contributed by atoms with Gasteiger partial charge in [0.2, 0.25) is 0 Å². The predicted molar refractivity (Wildman–Crippen MR) is 68.3 cm³/mol. The fourth-order valence-corrected chi connectivity index (χ4v) is 2.02. The molecule has 1 rings (SSSR count). The molecule has 2 nitrogen and oxygen atoms in total. The number of hydrogen-bond acceptors (Lipinski definition) is 3. The van der Waals surface area contributed by atoms with E-state index in [2.05, 4.69) is 30.2 Å². The molecule has 1 atom stereocenters. The van der Waals surface area contributed by atoms with Crippen LogP contribution in [0.4, 0.5) is 0 Å². The summed E-state index contributed by atoms with van der Waals surface area (Å²) in [6, 6.07) is 4.51. The van der Waals surface area contributed by atoms with Gasteiger partial charge in [0.15, 0.2) is 0 Å². The normalized spacial score (nSPS) is 12.7. The van der Waals surface area contributed by atoms with Gasteiger partial charge in [-0.3, -0.25) is 4.98 Å². The lowest BCUT2D eigenvalue weighted by Gasteiger charge is -2.13. The van der Waals surface area contributed by atoms with Crippen LogP contribution in [0, 0.1) is 0 Å². The van der Waals surface area contributed by atoms with Crippen molar-refractivity contribution in [3.05, 3.63) is 30.1 Å². The smallest absolute Gasteiger partial charge is 0.0315 e. The monoisotopic (exact) mass is 224 g/mol. The van der Waals surface area contributed by atoms with E-state index in [-0.39, 0.29) is 0 Å². The fourth-order valence-electron chi connectivity index (χ4n) is 1.39. The molecule has 0 radical (unpaired) electrons. The molecule has 1 aromatic heterocycles. The van der Waals surface area contributed by atoms with Gasteiger partial charge < -0.3 is 5.32 Å². The first-order chi connectivity index (χ1) is 7.34. The van der Waals surface area contributed by atoms with Crippen molar-refractivity contribution in [3.63, 3.8) is 0 Å². The van der Waals surface area contributed by atoms with Gasteiger partial charge in [0.1, 0.15) is 0 Å². The Bertz CT molecular complexity index is 251. The lowest BCUT2D eigenvalue weighted by molar-refractivity contribution is 0.571. The van der Waals surface area contributed by atoms with Crippen LogP contribution in [-0.4, -0.2) is 23.0 Å². The molecule has 1 heterocycles. The molecule has 0 amide bonds. The standard InChI is InChI=1S/C12H20N2S/c1-3-15-9-5-8-14-11(2)12-6-4-7-13-10-12/h4,6-7,10-11,14H,3,5,8-9H2,1-2H3/t11-/m0/s1. The third-order valence-electron chi connectivity index (χ3n) is 2.30. The second kappa shape index (κ2) is 7.71. The Morgan fingerprint density at radius 2 is 2.40 bits per heavy atom. The van der Waals surface area contributed by atoms with E-state index >= 15 is 0 Å². The van der Waals surface area contributed by atoms with Gasteiger partial charge in [0, 0.05) is 18.4 Å². The summed E-state index contributed by atoms with van der Waals surface area (Å²) in [6.45, 7) is 5.48. The van der Waals surface area contributed by atoms with Crippen LogP contribution in [0.2, 0.25) is 0 Å². The lowest BCUT2D eigenvalue weighted by Crippen LogP contribution is -2.20. The number of nitrogens with zero attached hydrogens (tertiary/aromatic N) is 1. The summed E-state index contributed by atoms with van der Waals surface area (Å²) < 4.78 is 0. The second-order valence-electron chi connectivity index (χ2n) is 3.51. The Morgan fingerprint density at radius 3 is 3.07 bits per heavy atom. The number of nitrogens with one attached hydrogen (secondary N) is 1. The van der Waals surface area contributed by atoms with Crippen LogP contribution in [0.25, 0.3) is 0 Å². The zero-order valence-electron chi connectivity index (χ0n) is 9.57. The number of rotatable bonds is 7. The van der Waals surface area contributed by atoms with Crippen LogP contribution in [0.3, 0.4) is 0 Å². The molecule has 3 heteroatoms. The molecule has 0 fully saturated rings. The molecule has 15 heavy (non-hydrogen) atoms. The molecule has 0 aromatic carbocycles. The quantitative estimate of drug-likeness (QED) is 0.721. The maximum atomic E-state index is 4.12. The molecule has 0 aliphatic heterocycles. The lowest BCUT2D eigenvalue weighted by atomic mass is 10.1. The Balaban J connectivity index is 2.16. The fraction of sp³-hybridized carbons (Fsp3) is 0.583. The molecular weight excluding hydrogens is 204 g/mol. The van der Waals surface area contributed by atoms with Crippen molar-refractivity contribution in [2.45, 2.75) is 26.3 Å². The Labute approximate surface area is 96.9 Å². The molecule has 0 spiro atoms. The van der Waals surface area contributed by atoms with Gasteiger partial charge in [-0.15, -0.1) is 0 Å². The Hall–Kier alpha value is -0.540. The van der Waals surface area contributed by atoms with Crippen molar-refractivity contribution in [2.24, 2.45) is 0 Å². The zero-order chi connectivity index (χ0) is 10.9. The first-order valence-corrected chi connectivity index (χ1v) is 6.71. The first-order valence-electron chi connectivity index (χ1n) is 5.55. The first kappa shape index (κ1) is 12.5. The molecule has 1 N–H and O–H groups in total. The largest absolute Gasteiger partial charge is 0.310 e. The maximum absolute atomic E-state index is 4.12. The van der Waals surface area contributed by atoms with E-state index in [9.17, 15) is 0 Å². The summed E-state index contributed by atoms with van der Waals surface area (Å²) in [4.78, 5) is 4.12. The van der Waals surface area contributed by atoms with Crippen molar-refractivity contribution < 1.29 is 0 Å². The molecule has 84 valence electrons. The van der Waals surface area contributed by atoms with Gasteiger partial charge in [-0.05, 0) is 43.0 Å². The van der Waals surface area contributed by atoms with E-state index in [0.29, 0.717) is 6.04 Å². The van der Waals surface area contributed by atoms with Crippen molar-refractivity contribution in [3.8, 4) is 0 Å². The topological polar surface area (TPSA) is 24.9 Å². The van der Waals surface area contributed by atoms with E-state index < -0.39 is 0 Å². The van der Waals surface area contributed by atoms with Gasteiger partial charge in [0.05, 0.1) is 0 Å². The van der Waals surface area contributed by atoms with E-state index in [1.54, 1.807) is 0 Å². The molecule has 0 aliphatic carbocycles. The van der Waals surface area contributed by atoms with Gasteiger partial charge in [-0.2, -0.15) is 11.8 Å². The van der Waals surface area contributed by atoms with Crippen molar-refractivity contribution >= 4 is 11.8 Å². The van der Waals surface area contributed by atoms with Crippen LogP contribution in [0.15, 0.2) is 24.5 Å². The van der Waals surface area contributed by atoms with Gasteiger partial charge >= 0.3 is 0 Å². The van der Waals surface area contributed by atoms with Gasteiger partial charge in [0.25, 0.3) is 0 Å². The highest BCUT2D eigenvalue weighted by molar-refractivity contribution is 7.99. The minimum Gasteiger partial charge on any atom is -0.310 e. The number of thioether (sulfide) groups is 1. The van der Waals surface area contributed by atoms with Crippen molar-refractivity contribution in [2.75, 3.05) is 18.1 Å². The molecule has 0 unspecified atom stereocenters. The van der Waals surface area contributed by atoms with Crippen LogP contribution in [0.5, 0.6) is 0 Å². The van der Waals surface area contributed by atoms with Crippen LogP contribution >= 0.6 is 11.8 Å². The second-order valence-corrected chi connectivity index (χ2v) is 4.91. The van der Waals surface area contributed by atoms with Crippen LogP contribution in [0.1, 0.15) is 31.9 Å². The van der Waals surface area contributed by atoms with E-state index in [4.69, 9.17) is 0 Å². The highest BCUT2D eigenvalue weighted by atomic mass is 32.2. The summed E-state index contributed by atoms with van der Waals surface area (Å²) in [5.41, 5.74) is 1.26. The molecule has 1 aromatic rings. The minimum atomic E-state index is 0.408. The summed E-state index contributed by atoms with van der Waals surface area (Å²) in [5.74, 6) is 2.47. The summed E-state index contributed by atoms with van der Waals surface area (Å²) in [5, 5.41) is 3.50. The zero-order valence-corrected chi connectivity index (χ0v) is 10.4. The van der Waals surface area contributed by atoms with Crippen molar-refractivity contribution in [1.82, 2.24) is 10.3 Å². The van der Waals surface area contributed by atoms with Gasteiger partial charge in [-0.1, -0.05) is 13.0 Å². The van der Waals surface area contributed by atoms with E-state index in [1.807, 2.05) is 30.2 Å². The SMILES string of the molecule is CCSCCCN[C@@H](C)c1cccnc1. The van der Waals surface area contributed by atoms with Crippen molar-refractivity contribution in [1.29, 1.82) is 0 Å². The molecular formula is C12H20N2S.